The van der Waals surface area contributed by atoms with Crippen LogP contribution in [-0.4, -0.2) is 47.4 Å². The zero-order valence-electron chi connectivity index (χ0n) is 21.1. The first kappa shape index (κ1) is 30.8. The van der Waals surface area contributed by atoms with E-state index in [9.17, 15) is 41.0 Å². The van der Waals surface area contributed by atoms with E-state index in [2.05, 4.69) is 15.3 Å². The van der Waals surface area contributed by atoms with Crippen LogP contribution in [0.2, 0.25) is 0 Å². The summed E-state index contributed by atoms with van der Waals surface area (Å²) in [7, 11) is 0. The molecule has 1 heterocycles. The Balaban J connectivity index is 1.99. The molecule has 0 aliphatic carbocycles. The lowest BCUT2D eigenvalue weighted by atomic mass is 9.94. The highest BCUT2D eigenvalue weighted by Gasteiger charge is 2.33. The topological polar surface area (TPSA) is 144 Å². The molecule has 1 aromatic heterocycles. The molecule has 0 bridgehead atoms. The van der Waals surface area contributed by atoms with Crippen LogP contribution < -0.4 is 16.8 Å². The fourth-order valence-corrected chi connectivity index (χ4v) is 3.86. The van der Waals surface area contributed by atoms with Crippen molar-refractivity contribution >= 4 is 18.0 Å². The largest absolute Gasteiger partial charge is 0.431 e. The summed E-state index contributed by atoms with van der Waals surface area (Å²) in [5.74, 6) is -4.50. The Morgan fingerprint density at radius 1 is 1.05 bits per heavy atom. The number of carbonyl (C=O) groups excluding carboxylic acids is 2. The van der Waals surface area contributed by atoms with Crippen LogP contribution in [0.1, 0.15) is 27.7 Å². The SMILES string of the molecule is NC(=O)c1cc(-c2cccnc2[C@H](Cc2cc(F)cc(F)c2)NC(=O)CN=CC(CO)=C(N)C(F)(F)F)ccc1F. The molecular weight excluding hydrogens is 556 g/mol. The number of allylic oxidation sites excluding steroid dienone is 1. The number of aromatic nitrogens is 1. The first-order valence-electron chi connectivity index (χ1n) is 11.8. The highest BCUT2D eigenvalue weighted by atomic mass is 19.4. The number of aliphatic hydroxyl groups excluding tert-OH is 1. The maximum absolute atomic E-state index is 14.1. The van der Waals surface area contributed by atoms with Crippen molar-refractivity contribution in [1.82, 2.24) is 10.3 Å². The Morgan fingerprint density at radius 2 is 1.73 bits per heavy atom. The number of hydrogen-bond donors (Lipinski definition) is 4. The molecule has 0 saturated carbocycles. The number of aliphatic imine (C=N–C) groups is 1. The number of alkyl halides is 3. The molecule has 8 nitrogen and oxygen atoms in total. The molecule has 3 rings (SSSR count). The molecule has 0 unspecified atom stereocenters. The summed E-state index contributed by atoms with van der Waals surface area (Å²) in [5.41, 5.74) is 8.34. The number of nitrogens with one attached hydrogen (secondary N) is 1. The van der Waals surface area contributed by atoms with Crippen LogP contribution in [0, 0.1) is 17.5 Å². The van der Waals surface area contributed by atoms with Crippen molar-refractivity contribution in [2.75, 3.05) is 13.2 Å². The first-order valence-corrected chi connectivity index (χ1v) is 11.8. The Morgan fingerprint density at radius 3 is 2.34 bits per heavy atom. The summed E-state index contributed by atoms with van der Waals surface area (Å²) in [6.07, 6.45) is -3.17. The second kappa shape index (κ2) is 13.1. The van der Waals surface area contributed by atoms with Crippen molar-refractivity contribution in [3.05, 3.63) is 100 Å². The van der Waals surface area contributed by atoms with E-state index < -0.39 is 71.5 Å². The van der Waals surface area contributed by atoms with Gasteiger partial charge in [-0.1, -0.05) is 12.1 Å². The minimum absolute atomic E-state index is 0.119. The summed E-state index contributed by atoms with van der Waals surface area (Å²) < 4.78 is 80.4. The second-order valence-corrected chi connectivity index (χ2v) is 8.66. The van der Waals surface area contributed by atoms with Crippen LogP contribution in [0.25, 0.3) is 11.1 Å². The Bertz CT molecular complexity index is 1490. The quantitative estimate of drug-likeness (QED) is 0.215. The number of halogens is 6. The van der Waals surface area contributed by atoms with Gasteiger partial charge in [-0.2, -0.15) is 13.2 Å². The molecule has 41 heavy (non-hydrogen) atoms. The molecule has 0 aliphatic rings. The fourth-order valence-electron chi connectivity index (χ4n) is 3.86. The third-order valence-corrected chi connectivity index (χ3v) is 5.71. The number of benzene rings is 2. The smallest absolute Gasteiger partial charge is 0.394 e. The van der Waals surface area contributed by atoms with Crippen LogP contribution in [0.4, 0.5) is 26.3 Å². The van der Waals surface area contributed by atoms with E-state index in [-0.39, 0.29) is 23.2 Å². The average molecular weight is 580 g/mol. The van der Waals surface area contributed by atoms with Gasteiger partial charge in [0.1, 0.15) is 29.7 Å². The monoisotopic (exact) mass is 579 g/mol. The minimum atomic E-state index is -4.93. The van der Waals surface area contributed by atoms with E-state index in [1.54, 1.807) is 6.07 Å². The predicted molar refractivity (Wildman–Crippen MR) is 137 cm³/mol. The van der Waals surface area contributed by atoms with Gasteiger partial charge in [-0.25, -0.2) is 13.2 Å². The number of pyridine rings is 1. The average Bonchev–Trinajstić information content (AvgIpc) is 2.89. The van der Waals surface area contributed by atoms with E-state index in [0.29, 0.717) is 17.8 Å². The van der Waals surface area contributed by atoms with E-state index >= 15 is 0 Å². The van der Waals surface area contributed by atoms with E-state index in [0.717, 1.165) is 18.2 Å². The number of primary amides is 1. The maximum Gasteiger partial charge on any atom is 0.431 e. The molecule has 216 valence electrons. The highest BCUT2D eigenvalue weighted by Crippen LogP contribution is 2.30. The molecule has 6 N–H and O–H groups in total. The maximum atomic E-state index is 14.1. The first-order chi connectivity index (χ1) is 19.3. The molecule has 0 fully saturated rings. The zero-order chi connectivity index (χ0) is 30.3. The van der Waals surface area contributed by atoms with Crippen molar-refractivity contribution in [2.45, 2.75) is 18.6 Å². The van der Waals surface area contributed by atoms with E-state index in [4.69, 9.17) is 11.5 Å². The van der Waals surface area contributed by atoms with E-state index in [1.165, 1.54) is 24.4 Å². The van der Waals surface area contributed by atoms with Gasteiger partial charge >= 0.3 is 6.18 Å². The number of aliphatic hydroxyl groups is 1. The molecular formula is C27H23F6N5O3. The molecule has 0 radical (unpaired) electrons. The van der Waals surface area contributed by atoms with Gasteiger partial charge in [-0.05, 0) is 47.9 Å². The standard InChI is InChI=1S/C27H23F6N5O3/c28-17-6-14(7-18(29)10-17)8-22(38-23(40)12-36-11-16(13-39)25(34)27(31,32)33)24-19(2-1-5-37-24)15-3-4-21(30)20(9-15)26(35)41/h1-7,9-11,22,39H,8,12-13,34H2,(H2,35,41)(H,38,40)/t22-/m0/s1. The van der Waals surface area contributed by atoms with Crippen LogP contribution in [0.3, 0.4) is 0 Å². The van der Waals surface area contributed by atoms with Crippen LogP contribution in [-0.2, 0) is 11.2 Å². The molecule has 0 aliphatic heterocycles. The summed E-state index contributed by atoms with van der Waals surface area (Å²) >= 11 is 0. The summed E-state index contributed by atoms with van der Waals surface area (Å²) in [6.45, 7) is -1.81. The number of carbonyl (C=O) groups is 2. The number of amides is 2. The normalized spacial score (nSPS) is 13.1. The zero-order valence-corrected chi connectivity index (χ0v) is 21.1. The van der Waals surface area contributed by atoms with E-state index in [1.807, 2.05) is 0 Å². The van der Waals surface area contributed by atoms with Gasteiger partial charge in [0.15, 0.2) is 0 Å². The van der Waals surface area contributed by atoms with Crippen molar-refractivity contribution < 1.29 is 41.0 Å². The second-order valence-electron chi connectivity index (χ2n) is 8.66. The molecule has 3 aromatic rings. The Kier molecular flexibility index (Phi) is 9.84. The Labute approximate surface area is 229 Å². The Hall–Kier alpha value is -4.72. The summed E-state index contributed by atoms with van der Waals surface area (Å²) in [4.78, 5) is 32.4. The molecule has 2 aromatic carbocycles. The van der Waals surface area contributed by atoms with Crippen molar-refractivity contribution in [3.8, 4) is 11.1 Å². The molecule has 14 heteroatoms. The van der Waals surface area contributed by atoms with Gasteiger partial charge < -0.3 is 21.9 Å². The van der Waals surface area contributed by atoms with Crippen molar-refractivity contribution in [1.29, 1.82) is 0 Å². The lowest BCUT2D eigenvalue weighted by Gasteiger charge is -2.21. The van der Waals surface area contributed by atoms with Gasteiger partial charge in [0.05, 0.1) is 23.9 Å². The fraction of sp³-hybridized carbons (Fsp3) is 0.185. The highest BCUT2D eigenvalue weighted by molar-refractivity contribution is 5.94. The third-order valence-electron chi connectivity index (χ3n) is 5.71. The van der Waals surface area contributed by atoms with Crippen LogP contribution >= 0.6 is 0 Å². The van der Waals surface area contributed by atoms with Gasteiger partial charge in [0, 0.05) is 29.6 Å². The van der Waals surface area contributed by atoms with Crippen LogP contribution in [0.5, 0.6) is 0 Å². The summed E-state index contributed by atoms with van der Waals surface area (Å²) in [6, 6.07) is 8.21. The van der Waals surface area contributed by atoms with Gasteiger partial charge in [-0.3, -0.25) is 19.6 Å². The van der Waals surface area contributed by atoms with Crippen molar-refractivity contribution in [3.63, 3.8) is 0 Å². The van der Waals surface area contributed by atoms with Gasteiger partial charge in [0.2, 0.25) is 5.91 Å². The number of hydrogen-bond acceptors (Lipinski definition) is 6. The lowest BCUT2D eigenvalue weighted by molar-refractivity contribution is -0.120. The minimum Gasteiger partial charge on any atom is -0.394 e. The number of nitrogens with zero attached hydrogens (tertiary/aromatic N) is 2. The predicted octanol–water partition coefficient (Wildman–Crippen LogP) is 3.50. The van der Waals surface area contributed by atoms with Crippen molar-refractivity contribution in [2.24, 2.45) is 16.5 Å². The number of nitrogens with two attached hydrogens (primary N) is 2. The lowest BCUT2D eigenvalue weighted by Crippen LogP contribution is -2.32. The van der Waals surface area contributed by atoms with Crippen LogP contribution in [0.15, 0.2) is 71.0 Å². The molecule has 0 saturated heterocycles. The molecule has 0 spiro atoms. The van der Waals surface area contributed by atoms with Gasteiger partial charge in [0.25, 0.3) is 5.91 Å². The molecule has 2 amide bonds. The third kappa shape index (κ3) is 8.14. The number of rotatable bonds is 10. The van der Waals surface area contributed by atoms with Gasteiger partial charge in [-0.15, -0.1) is 0 Å². The molecule has 1 atom stereocenters. The summed E-state index contributed by atoms with van der Waals surface area (Å²) in [5, 5.41) is 11.8.